The number of ether oxygens (including phenoxy) is 2. The minimum absolute atomic E-state index is 0.0111. The zero-order chi connectivity index (χ0) is 13.7. The van der Waals surface area contributed by atoms with Crippen LogP contribution in [0.2, 0.25) is 0 Å². The zero-order valence-corrected chi connectivity index (χ0v) is 10.1. The van der Waals surface area contributed by atoms with Crippen LogP contribution in [-0.4, -0.2) is 47.2 Å². The molecular weight excluding hydrogens is 242 g/mol. The Morgan fingerprint density at radius 3 is 2.17 bits per heavy atom. The normalized spacial score (nSPS) is 11.5. The van der Waals surface area contributed by atoms with E-state index in [1.165, 1.54) is 27.5 Å². The highest BCUT2D eigenvalue weighted by molar-refractivity contribution is 6.00. The zero-order valence-electron chi connectivity index (χ0n) is 10.1. The number of carbonyl (C=O) groups excluding carboxylic acids is 1. The Hall–Kier alpha value is -2.38. The van der Waals surface area contributed by atoms with Crippen LogP contribution in [0.3, 0.4) is 0 Å². The Bertz CT molecular complexity index is 441. The Labute approximate surface area is 103 Å². The molecule has 8 heteroatoms. The van der Waals surface area contributed by atoms with Crippen molar-refractivity contribution in [3.63, 3.8) is 0 Å². The molecule has 98 valence electrons. The summed E-state index contributed by atoms with van der Waals surface area (Å²) in [7, 11) is 2.67. The molecule has 1 aromatic rings. The number of carbonyl (C=O) groups is 2. The van der Waals surface area contributed by atoms with E-state index in [2.05, 4.69) is 15.3 Å². The fourth-order valence-corrected chi connectivity index (χ4v) is 1.19. The minimum atomic E-state index is -1.15. The number of methoxy groups -OCH3 is 2. The maximum absolute atomic E-state index is 11.9. The third-order valence-electron chi connectivity index (χ3n) is 2.11. The van der Waals surface area contributed by atoms with Crippen molar-refractivity contribution in [3.8, 4) is 11.8 Å². The first-order valence-electron chi connectivity index (χ1n) is 4.97. The number of hydrogen-bond donors (Lipinski definition) is 2. The first-order valence-corrected chi connectivity index (χ1v) is 4.97. The molecule has 0 radical (unpaired) electrons. The van der Waals surface area contributed by atoms with Gasteiger partial charge in [0.1, 0.15) is 12.4 Å². The predicted molar refractivity (Wildman–Crippen MR) is 59.7 cm³/mol. The summed E-state index contributed by atoms with van der Waals surface area (Å²) < 4.78 is 9.82. The number of aromatic nitrogens is 2. The van der Waals surface area contributed by atoms with Gasteiger partial charge in [-0.2, -0.15) is 0 Å². The topological polar surface area (TPSA) is 111 Å². The van der Waals surface area contributed by atoms with Gasteiger partial charge in [0.2, 0.25) is 11.8 Å². The number of nitrogens with zero attached hydrogens (tertiary/aromatic N) is 2. The van der Waals surface area contributed by atoms with E-state index in [9.17, 15) is 9.59 Å². The lowest BCUT2D eigenvalue weighted by Crippen LogP contribution is -2.38. The van der Waals surface area contributed by atoms with Crippen LogP contribution in [0.5, 0.6) is 11.8 Å². The Morgan fingerprint density at radius 2 is 1.78 bits per heavy atom. The third kappa shape index (κ3) is 2.84. The summed E-state index contributed by atoms with van der Waals surface area (Å²) in [6, 6.07) is -1.05. The second-order valence-corrected chi connectivity index (χ2v) is 3.30. The number of carboxylic acids is 1. The van der Waals surface area contributed by atoms with E-state index >= 15 is 0 Å². The molecule has 1 aromatic heterocycles. The first-order chi connectivity index (χ1) is 8.51. The molecule has 1 heterocycles. The van der Waals surface area contributed by atoms with Crippen LogP contribution in [0.25, 0.3) is 0 Å². The molecule has 1 rings (SSSR count). The summed E-state index contributed by atoms with van der Waals surface area (Å²) >= 11 is 0. The van der Waals surface area contributed by atoms with Crippen molar-refractivity contribution in [2.45, 2.75) is 13.0 Å². The van der Waals surface area contributed by atoms with Gasteiger partial charge in [0.25, 0.3) is 5.91 Å². The number of hydrogen-bond acceptors (Lipinski definition) is 6. The van der Waals surface area contributed by atoms with Gasteiger partial charge in [0, 0.05) is 0 Å². The SMILES string of the molecule is COc1ncnc(OC)c1C(=O)N[C@@H](C)C(=O)O. The van der Waals surface area contributed by atoms with E-state index < -0.39 is 17.9 Å². The van der Waals surface area contributed by atoms with Gasteiger partial charge < -0.3 is 19.9 Å². The van der Waals surface area contributed by atoms with Crippen LogP contribution < -0.4 is 14.8 Å². The largest absolute Gasteiger partial charge is 0.480 e. The minimum Gasteiger partial charge on any atom is -0.480 e. The number of nitrogens with one attached hydrogen (secondary N) is 1. The Morgan fingerprint density at radius 1 is 1.28 bits per heavy atom. The lowest BCUT2D eigenvalue weighted by atomic mass is 10.2. The van der Waals surface area contributed by atoms with E-state index in [-0.39, 0.29) is 17.3 Å². The molecule has 0 aliphatic rings. The smallest absolute Gasteiger partial charge is 0.325 e. The van der Waals surface area contributed by atoms with Crippen molar-refractivity contribution >= 4 is 11.9 Å². The first kappa shape index (κ1) is 13.7. The highest BCUT2D eigenvalue weighted by atomic mass is 16.5. The lowest BCUT2D eigenvalue weighted by molar-refractivity contribution is -0.138. The van der Waals surface area contributed by atoms with Gasteiger partial charge in [-0.05, 0) is 6.92 Å². The van der Waals surface area contributed by atoms with Crippen LogP contribution in [0.1, 0.15) is 17.3 Å². The number of carboxylic acid groups (broad SMARTS) is 1. The molecule has 0 saturated heterocycles. The quantitative estimate of drug-likeness (QED) is 0.742. The lowest BCUT2D eigenvalue weighted by Gasteiger charge is -2.12. The van der Waals surface area contributed by atoms with Crippen molar-refractivity contribution in [2.24, 2.45) is 0 Å². The monoisotopic (exact) mass is 255 g/mol. The fraction of sp³-hybridized carbons (Fsp3) is 0.400. The molecule has 1 amide bonds. The van der Waals surface area contributed by atoms with Gasteiger partial charge in [0.05, 0.1) is 14.2 Å². The van der Waals surface area contributed by atoms with Crippen LogP contribution in [0.15, 0.2) is 6.33 Å². The highest BCUT2D eigenvalue weighted by Crippen LogP contribution is 2.23. The van der Waals surface area contributed by atoms with Crippen LogP contribution >= 0.6 is 0 Å². The summed E-state index contributed by atoms with van der Waals surface area (Å²) in [6.45, 7) is 1.34. The highest BCUT2D eigenvalue weighted by Gasteiger charge is 2.24. The average Bonchev–Trinajstić information content (AvgIpc) is 2.37. The molecule has 0 fully saturated rings. The molecule has 18 heavy (non-hydrogen) atoms. The maximum Gasteiger partial charge on any atom is 0.325 e. The molecule has 1 atom stereocenters. The van der Waals surface area contributed by atoms with Crippen LogP contribution in [-0.2, 0) is 4.79 Å². The molecule has 0 bridgehead atoms. The van der Waals surface area contributed by atoms with Gasteiger partial charge in [0.15, 0.2) is 5.56 Å². The van der Waals surface area contributed by atoms with Gasteiger partial charge >= 0.3 is 5.97 Å². The van der Waals surface area contributed by atoms with Crippen molar-refractivity contribution in [1.82, 2.24) is 15.3 Å². The molecular formula is C10H13N3O5. The molecule has 0 aliphatic heterocycles. The number of rotatable bonds is 5. The predicted octanol–water partition coefficient (Wildman–Crippen LogP) is -0.303. The molecule has 0 spiro atoms. The van der Waals surface area contributed by atoms with E-state index in [1.807, 2.05) is 0 Å². The van der Waals surface area contributed by atoms with Crippen molar-refractivity contribution in [3.05, 3.63) is 11.9 Å². The van der Waals surface area contributed by atoms with Gasteiger partial charge in [-0.15, -0.1) is 0 Å². The third-order valence-corrected chi connectivity index (χ3v) is 2.11. The number of aliphatic carboxylic acids is 1. The molecule has 2 N–H and O–H groups in total. The second-order valence-electron chi connectivity index (χ2n) is 3.30. The van der Waals surface area contributed by atoms with E-state index in [0.717, 1.165) is 0 Å². The molecule has 0 aromatic carbocycles. The summed E-state index contributed by atoms with van der Waals surface area (Å²) in [5, 5.41) is 11.0. The molecule has 0 saturated carbocycles. The summed E-state index contributed by atoms with van der Waals surface area (Å²) in [5.74, 6) is -1.81. The van der Waals surface area contributed by atoms with Crippen LogP contribution in [0.4, 0.5) is 0 Å². The van der Waals surface area contributed by atoms with Gasteiger partial charge in [-0.25, -0.2) is 9.97 Å². The summed E-state index contributed by atoms with van der Waals surface area (Å²) in [5.41, 5.74) is -0.0457. The summed E-state index contributed by atoms with van der Waals surface area (Å²) in [6.07, 6.45) is 1.18. The van der Waals surface area contributed by atoms with Gasteiger partial charge in [-0.3, -0.25) is 9.59 Å². The Kier molecular flexibility index (Phi) is 4.41. The molecule has 0 unspecified atom stereocenters. The van der Waals surface area contributed by atoms with Crippen molar-refractivity contribution in [2.75, 3.05) is 14.2 Å². The average molecular weight is 255 g/mol. The number of amides is 1. The van der Waals surface area contributed by atoms with Crippen LogP contribution in [0, 0.1) is 0 Å². The summed E-state index contributed by atoms with van der Waals surface area (Å²) in [4.78, 5) is 30.1. The molecule has 8 nitrogen and oxygen atoms in total. The van der Waals surface area contributed by atoms with E-state index in [1.54, 1.807) is 0 Å². The van der Waals surface area contributed by atoms with E-state index in [0.29, 0.717) is 0 Å². The van der Waals surface area contributed by atoms with Gasteiger partial charge in [-0.1, -0.05) is 0 Å². The Balaban J connectivity index is 3.07. The maximum atomic E-state index is 11.9. The van der Waals surface area contributed by atoms with Crippen molar-refractivity contribution < 1.29 is 24.2 Å². The standard InChI is InChI=1S/C10H13N3O5/c1-5(10(15)16)13-7(14)6-8(17-2)11-4-12-9(6)18-3/h4-5H,1-3H3,(H,13,14)(H,15,16)/t5-/m0/s1. The molecule has 0 aliphatic carbocycles. The fourth-order valence-electron chi connectivity index (χ4n) is 1.19. The van der Waals surface area contributed by atoms with Crippen molar-refractivity contribution in [1.29, 1.82) is 0 Å². The second kappa shape index (κ2) is 5.80. The van der Waals surface area contributed by atoms with E-state index in [4.69, 9.17) is 14.6 Å².